The summed E-state index contributed by atoms with van der Waals surface area (Å²) in [5.74, 6) is -0.328. The van der Waals surface area contributed by atoms with Crippen LogP contribution in [0.5, 0.6) is 0 Å². The molecule has 184 valence electrons. The zero-order valence-electron chi connectivity index (χ0n) is 20.3. The number of pyridine rings is 1. The number of aromatic amines is 1. The molecule has 0 spiro atoms. The molecule has 36 heavy (non-hydrogen) atoms. The van der Waals surface area contributed by atoms with E-state index < -0.39 is 0 Å². The van der Waals surface area contributed by atoms with Crippen molar-refractivity contribution in [2.24, 2.45) is 0 Å². The summed E-state index contributed by atoms with van der Waals surface area (Å²) in [7, 11) is 2.06. The lowest BCUT2D eigenvalue weighted by Gasteiger charge is -2.32. The minimum Gasteiger partial charge on any atom is -0.307 e. The fourth-order valence-corrected chi connectivity index (χ4v) is 4.25. The van der Waals surface area contributed by atoms with E-state index in [-0.39, 0.29) is 11.8 Å². The van der Waals surface area contributed by atoms with E-state index in [2.05, 4.69) is 37.9 Å². The van der Waals surface area contributed by atoms with Gasteiger partial charge in [-0.25, -0.2) is 14.2 Å². The molecule has 4 aromatic rings. The van der Waals surface area contributed by atoms with Crippen LogP contribution in [0, 0.1) is 12.7 Å². The van der Waals surface area contributed by atoms with Gasteiger partial charge in [0.2, 0.25) is 0 Å². The summed E-state index contributed by atoms with van der Waals surface area (Å²) < 4.78 is 14.8. The molecular weight excluding hydrogens is 457 g/mol. The van der Waals surface area contributed by atoms with Gasteiger partial charge in [-0.15, -0.1) is 0 Å². The molecule has 0 aliphatic carbocycles. The maximum Gasteiger partial charge on any atom is 0.333 e. The van der Waals surface area contributed by atoms with Gasteiger partial charge in [0.1, 0.15) is 11.5 Å². The number of rotatable bonds is 5. The van der Waals surface area contributed by atoms with Crippen LogP contribution in [-0.4, -0.2) is 64.3 Å². The maximum atomic E-state index is 14.8. The lowest BCUT2D eigenvalue weighted by molar-refractivity contribution is 0.116. The van der Waals surface area contributed by atoms with Crippen molar-refractivity contribution in [2.45, 2.75) is 6.92 Å². The number of nitrogens with one attached hydrogen (secondary N) is 3. The highest BCUT2D eigenvalue weighted by Gasteiger charge is 2.17. The van der Waals surface area contributed by atoms with Gasteiger partial charge in [-0.3, -0.25) is 15.5 Å². The van der Waals surface area contributed by atoms with E-state index in [1.165, 1.54) is 6.07 Å². The van der Waals surface area contributed by atoms with Crippen LogP contribution in [0.4, 0.5) is 14.9 Å². The zero-order chi connectivity index (χ0) is 25.1. The average molecular weight is 486 g/mol. The van der Waals surface area contributed by atoms with Crippen molar-refractivity contribution in [3.05, 3.63) is 78.4 Å². The van der Waals surface area contributed by atoms with Crippen molar-refractivity contribution in [2.75, 3.05) is 38.5 Å². The molecule has 2 amide bonds. The number of urea groups is 1. The van der Waals surface area contributed by atoms with Crippen LogP contribution in [0.25, 0.3) is 33.6 Å². The van der Waals surface area contributed by atoms with Gasteiger partial charge in [-0.05, 0) is 61.5 Å². The first kappa shape index (κ1) is 23.7. The van der Waals surface area contributed by atoms with Gasteiger partial charge >= 0.3 is 6.03 Å². The Bertz CT molecular complexity index is 1360. The molecule has 9 heteroatoms. The molecule has 2 aromatic heterocycles. The van der Waals surface area contributed by atoms with Crippen LogP contribution < -0.4 is 10.7 Å². The minimum absolute atomic E-state index is 0.294. The van der Waals surface area contributed by atoms with Crippen molar-refractivity contribution in [1.29, 1.82) is 0 Å². The van der Waals surface area contributed by atoms with E-state index in [9.17, 15) is 9.18 Å². The van der Waals surface area contributed by atoms with E-state index in [1.54, 1.807) is 36.5 Å². The molecule has 0 bridgehead atoms. The number of halogens is 1. The molecule has 1 aliphatic rings. The van der Waals surface area contributed by atoms with Gasteiger partial charge in [0.25, 0.3) is 0 Å². The number of hydrogen-bond donors (Lipinski definition) is 3. The number of nitrogens with zero attached hydrogens (tertiary/aromatic N) is 4. The highest BCUT2D eigenvalue weighted by molar-refractivity contribution is 5.89. The van der Waals surface area contributed by atoms with E-state index >= 15 is 0 Å². The van der Waals surface area contributed by atoms with Crippen LogP contribution >= 0.6 is 0 Å². The molecule has 1 aliphatic heterocycles. The number of carbonyl (C=O) groups excluding carboxylic acids is 1. The monoisotopic (exact) mass is 485 g/mol. The van der Waals surface area contributed by atoms with Crippen molar-refractivity contribution < 1.29 is 9.18 Å². The van der Waals surface area contributed by atoms with Gasteiger partial charge in [0.15, 0.2) is 0 Å². The third-order valence-electron chi connectivity index (χ3n) is 6.27. The van der Waals surface area contributed by atoms with Crippen LogP contribution in [0.3, 0.4) is 0 Å². The number of carbonyl (C=O) groups is 1. The van der Waals surface area contributed by atoms with Crippen molar-refractivity contribution in [1.82, 2.24) is 30.5 Å². The summed E-state index contributed by atoms with van der Waals surface area (Å²) in [5.41, 5.74) is 8.70. The number of H-pyrrole nitrogens is 1. The van der Waals surface area contributed by atoms with Gasteiger partial charge in [-0.2, -0.15) is 5.10 Å². The molecule has 0 radical (unpaired) electrons. The first-order valence-electron chi connectivity index (χ1n) is 11.9. The number of aromatic nitrogens is 3. The second-order valence-electron chi connectivity index (χ2n) is 8.94. The molecular formula is C27H28FN7O. The second-order valence-corrected chi connectivity index (χ2v) is 8.94. The normalized spacial score (nSPS) is 14.5. The number of hydrogen-bond acceptors (Lipinski definition) is 5. The topological polar surface area (TPSA) is 89.2 Å². The lowest BCUT2D eigenvalue weighted by atomic mass is 9.98. The molecule has 1 saturated heterocycles. The molecule has 3 heterocycles. The van der Waals surface area contributed by atoms with Crippen LogP contribution in [-0.2, 0) is 0 Å². The maximum absolute atomic E-state index is 14.8. The molecule has 0 atom stereocenters. The largest absolute Gasteiger partial charge is 0.333 e. The van der Waals surface area contributed by atoms with Crippen molar-refractivity contribution >= 4 is 11.7 Å². The molecule has 1 fully saturated rings. The summed E-state index contributed by atoms with van der Waals surface area (Å²) in [4.78, 5) is 19.2. The van der Waals surface area contributed by atoms with Gasteiger partial charge < -0.3 is 10.2 Å². The standard InChI is InChI=1S/C27H28FN7O/c1-18-4-3-5-25(30-18)26-23(17-29-32-26)20-8-11-24(28)22(16-20)19-6-9-21(10-7-19)31-27(36)33-35-14-12-34(2)13-15-35/h3-11,16-17H,12-15H2,1-2H3,(H,29,32)(H2,31,33,36). The fraction of sp³-hybridized carbons (Fsp3) is 0.222. The van der Waals surface area contributed by atoms with Crippen LogP contribution in [0.2, 0.25) is 0 Å². The highest BCUT2D eigenvalue weighted by Crippen LogP contribution is 2.33. The van der Waals surface area contributed by atoms with Crippen LogP contribution in [0.1, 0.15) is 5.69 Å². The Morgan fingerprint density at radius 2 is 1.72 bits per heavy atom. The minimum atomic E-state index is -0.328. The number of hydrazine groups is 1. The molecule has 3 N–H and O–H groups in total. The third-order valence-corrected chi connectivity index (χ3v) is 6.27. The van der Waals surface area contributed by atoms with E-state index in [0.717, 1.165) is 48.7 Å². The number of aryl methyl sites for hydroxylation is 1. The van der Waals surface area contributed by atoms with E-state index in [0.29, 0.717) is 22.5 Å². The van der Waals surface area contributed by atoms with Crippen LogP contribution in [0.15, 0.2) is 66.9 Å². The van der Waals surface area contributed by atoms with Crippen molar-refractivity contribution in [3.8, 4) is 33.6 Å². The number of piperazine rings is 1. The van der Waals surface area contributed by atoms with Gasteiger partial charge in [0, 0.05) is 54.9 Å². The lowest BCUT2D eigenvalue weighted by Crippen LogP contribution is -2.53. The molecule has 0 unspecified atom stereocenters. The Hall–Kier alpha value is -4.08. The Morgan fingerprint density at radius 3 is 2.47 bits per heavy atom. The van der Waals surface area contributed by atoms with Crippen molar-refractivity contribution in [3.63, 3.8) is 0 Å². The molecule has 0 saturated carbocycles. The van der Waals surface area contributed by atoms with Gasteiger partial charge in [0.05, 0.1) is 5.69 Å². The molecule has 8 nitrogen and oxygen atoms in total. The Morgan fingerprint density at radius 1 is 0.972 bits per heavy atom. The second kappa shape index (κ2) is 10.3. The predicted molar refractivity (Wildman–Crippen MR) is 139 cm³/mol. The fourth-order valence-electron chi connectivity index (χ4n) is 4.25. The summed E-state index contributed by atoms with van der Waals surface area (Å²) in [6, 6.07) is 17.6. The summed E-state index contributed by atoms with van der Waals surface area (Å²) in [6.07, 6.45) is 1.79. The smallest absolute Gasteiger partial charge is 0.307 e. The Kier molecular flexibility index (Phi) is 6.75. The highest BCUT2D eigenvalue weighted by atomic mass is 19.1. The number of benzene rings is 2. The average Bonchev–Trinajstić information content (AvgIpc) is 3.36. The summed E-state index contributed by atoms with van der Waals surface area (Å²) in [6.45, 7) is 5.29. The SMILES string of the molecule is Cc1cccc(-c2n[nH]cc2-c2ccc(F)c(-c3ccc(NC(=O)NN4CCN(C)CC4)cc3)c2)n1. The summed E-state index contributed by atoms with van der Waals surface area (Å²) in [5, 5.41) is 12.0. The van der Waals surface area contributed by atoms with E-state index in [1.807, 2.05) is 36.2 Å². The first-order valence-corrected chi connectivity index (χ1v) is 11.9. The number of amides is 2. The zero-order valence-corrected chi connectivity index (χ0v) is 20.3. The quantitative estimate of drug-likeness (QED) is 0.386. The number of anilines is 1. The van der Waals surface area contributed by atoms with Gasteiger partial charge in [-0.1, -0.05) is 24.3 Å². The summed E-state index contributed by atoms with van der Waals surface area (Å²) >= 11 is 0. The third kappa shape index (κ3) is 5.27. The Labute approximate surface area is 209 Å². The Balaban J connectivity index is 1.33. The molecule has 2 aromatic carbocycles. The van der Waals surface area contributed by atoms with E-state index in [4.69, 9.17) is 0 Å². The first-order chi connectivity index (χ1) is 17.5. The number of likely N-dealkylation sites (N-methyl/N-ethyl adjacent to an activating group) is 1. The molecule has 5 rings (SSSR count). The predicted octanol–water partition coefficient (Wildman–Crippen LogP) is 4.54.